The Hall–Kier alpha value is -1.14. The van der Waals surface area contributed by atoms with Crippen molar-refractivity contribution in [2.75, 3.05) is 53.6 Å². The Labute approximate surface area is 114 Å². The normalized spacial score (nSPS) is 16.3. The number of hydrogen-bond acceptors (Lipinski definition) is 4. The van der Waals surface area contributed by atoms with E-state index in [9.17, 15) is 9.59 Å². The molecule has 1 aliphatic heterocycles. The lowest BCUT2D eigenvalue weighted by atomic mass is 10.3. The fraction of sp³-hybridized carbons (Fsp3) is 0.846. The van der Waals surface area contributed by atoms with Gasteiger partial charge in [0.15, 0.2) is 0 Å². The molecule has 6 nitrogen and oxygen atoms in total. The van der Waals surface area contributed by atoms with Gasteiger partial charge in [-0.25, -0.2) is 0 Å². The molecule has 0 aromatic rings. The molecule has 6 heteroatoms. The predicted molar refractivity (Wildman–Crippen MR) is 70.8 cm³/mol. The first-order chi connectivity index (χ1) is 9.19. The number of nitrogens with zero attached hydrogens (tertiary/aromatic N) is 2. The molecule has 0 saturated carbocycles. The van der Waals surface area contributed by atoms with Crippen LogP contribution in [0.1, 0.15) is 19.3 Å². The molecule has 19 heavy (non-hydrogen) atoms. The van der Waals surface area contributed by atoms with Crippen LogP contribution < -0.4 is 0 Å². The minimum atomic E-state index is 0.105. The molecule has 0 N–H and O–H groups in total. The van der Waals surface area contributed by atoms with Gasteiger partial charge in [0.2, 0.25) is 11.8 Å². The lowest BCUT2D eigenvalue weighted by Gasteiger charge is -2.22. The molecule has 0 bridgehead atoms. The Bertz CT molecular complexity index is 268. The van der Waals surface area contributed by atoms with Crippen molar-refractivity contribution in [2.24, 2.45) is 0 Å². The topological polar surface area (TPSA) is 59.1 Å². The molecule has 0 radical (unpaired) electrons. The molecule has 0 aliphatic carbocycles. The van der Waals surface area contributed by atoms with Gasteiger partial charge in [0.05, 0.1) is 26.1 Å². The average Bonchev–Trinajstić information content (AvgIpc) is 2.68. The summed E-state index contributed by atoms with van der Waals surface area (Å²) in [6.07, 6.45) is 1.65. The van der Waals surface area contributed by atoms with Crippen LogP contribution in [0.2, 0.25) is 0 Å². The van der Waals surface area contributed by atoms with Crippen molar-refractivity contribution in [3.63, 3.8) is 0 Å². The van der Waals surface area contributed by atoms with E-state index >= 15 is 0 Å². The molecule has 0 unspecified atom stereocenters. The molecule has 1 aliphatic rings. The summed E-state index contributed by atoms with van der Waals surface area (Å²) in [6, 6.07) is 0. The van der Waals surface area contributed by atoms with Crippen molar-refractivity contribution >= 4 is 11.8 Å². The summed E-state index contributed by atoms with van der Waals surface area (Å²) in [5.41, 5.74) is 0. The molecule has 0 aromatic carbocycles. The summed E-state index contributed by atoms with van der Waals surface area (Å²) < 4.78 is 9.82. The molecule has 1 fully saturated rings. The van der Waals surface area contributed by atoms with Crippen LogP contribution in [-0.2, 0) is 19.1 Å². The second-order valence-electron chi connectivity index (χ2n) is 4.60. The first kappa shape index (κ1) is 15.9. The van der Waals surface area contributed by atoms with E-state index in [4.69, 9.17) is 9.47 Å². The highest BCUT2D eigenvalue weighted by Gasteiger charge is 2.21. The van der Waals surface area contributed by atoms with E-state index in [0.717, 1.165) is 19.5 Å². The van der Waals surface area contributed by atoms with Crippen molar-refractivity contribution in [2.45, 2.75) is 19.3 Å². The third kappa shape index (κ3) is 5.57. The van der Waals surface area contributed by atoms with Crippen molar-refractivity contribution in [3.05, 3.63) is 0 Å². The number of rotatable bonds is 6. The maximum absolute atomic E-state index is 11.9. The van der Waals surface area contributed by atoms with Crippen LogP contribution in [0.5, 0.6) is 0 Å². The lowest BCUT2D eigenvalue weighted by molar-refractivity contribution is -0.134. The monoisotopic (exact) mass is 272 g/mol. The van der Waals surface area contributed by atoms with Crippen LogP contribution in [0, 0.1) is 0 Å². The predicted octanol–water partition coefficient (Wildman–Crippen LogP) is 0.120. The van der Waals surface area contributed by atoms with Crippen molar-refractivity contribution < 1.29 is 19.1 Å². The van der Waals surface area contributed by atoms with Gasteiger partial charge in [-0.05, 0) is 6.42 Å². The Kier molecular flexibility index (Phi) is 7.43. The molecule has 0 spiro atoms. The summed E-state index contributed by atoms with van der Waals surface area (Å²) in [6.45, 7) is 3.56. The molecule has 110 valence electrons. The second-order valence-corrected chi connectivity index (χ2v) is 4.60. The van der Waals surface area contributed by atoms with Gasteiger partial charge in [-0.15, -0.1) is 0 Å². The van der Waals surface area contributed by atoms with Crippen LogP contribution in [0.3, 0.4) is 0 Å². The zero-order valence-electron chi connectivity index (χ0n) is 11.9. The van der Waals surface area contributed by atoms with Crippen LogP contribution in [0.25, 0.3) is 0 Å². The molecule has 1 saturated heterocycles. The summed E-state index contributed by atoms with van der Waals surface area (Å²) in [7, 11) is 3.18. The Balaban J connectivity index is 2.38. The second kappa shape index (κ2) is 8.87. The number of methoxy groups -OCH3 is 2. The highest BCUT2D eigenvalue weighted by Crippen LogP contribution is 2.06. The fourth-order valence-corrected chi connectivity index (χ4v) is 2.11. The van der Waals surface area contributed by atoms with Gasteiger partial charge in [-0.3, -0.25) is 9.59 Å². The smallest absolute Gasteiger partial charge is 0.224 e. The fourth-order valence-electron chi connectivity index (χ4n) is 2.11. The highest BCUT2D eigenvalue weighted by molar-refractivity contribution is 5.77. The van der Waals surface area contributed by atoms with E-state index in [1.165, 1.54) is 0 Å². The molecular weight excluding hydrogens is 248 g/mol. The van der Waals surface area contributed by atoms with E-state index in [-0.39, 0.29) is 11.8 Å². The van der Waals surface area contributed by atoms with Gasteiger partial charge in [0, 0.05) is 40.4 Å². The summed E-state index contributed by atoms with van der Waals surface area (Å²) in [5.74, 6) is 0.209. The highest BCUT2D eigenvalue weighted by atomic mass is 16.5. The molecule has 0 atom stereocenters. The Morgan fingerprint density at radius 3 is 1.63 bits per heavy atom. The van der Waals surface area contributed by atoms with Crippen LogP contribution in [-0.4, -0.2) is 75.2 Å². The quantitative estimate of drug-likeness (QED) is 0.689. The number of carbonyl (C=O) groups excluding carboxylic acids is 2. The number of carbonyl (C=O) groups is 2. The molecule has 1 rings (SSSR count). The standard InChI is InChI=1S/C13H24N2O4/c1-18-10-4-12(16)14-6-3-7-15(9-8-14)13(17)5-11-19-2/h3-11H2,1-2H3. The largest absolute Gasteiger partial charge is 0.384 e. The minimum absolute atomic E-state index is 0.105. The zero-order valence-corrected chi connectivity index (χ0v) is 11.9. The third-order valence-electron chi connectivity index (χ3n) is 3.24. The van der Waals surface area contributed by atoms with Gasteiger partial charge in [-0.2, -0.15) is 0 Å². The van der Waals surface area contributed by atoms with E-state index in [1.54, 1.807) is 14.2 Å². The zero-order chi connectivity index (χ0) is 14.1. The number of amides is 2. The average molecular weight is 272 g/mol. The molecule has 1 heterocycles. The first-order valence-electron chi connectivity index (χ1n) is 6.72. The van der Waals surface area contributed by atoms with E-state index < -0.39 is 0 Å². The van der Waals surface area contributed by atoms with Crippen LogP contribution >= 0.6 is 0 Å². The van der Waals surface area contributed by atoms with Gasteiger partial charge in [0.1, 0.15) is 0 Å². The maximum Gasteiger partial charge on any atom is 0.224 e. The molecular formula is C13H24N2O4. The van der Waals surface area contributed by atoms with E-state index in [0.29, 0.717) is 39.1 Å². The summed E-state index contributed by atoms with van der Waals surface area (Å²) in [5, 5.41) is 0. The summed E-state index contributed by atoms with van der Waals surface area (Å²) in [4.78, 5) is 27.4. The summed E-state index contributed by atoms with van der Waals surface area (Å²) >= 11 is 0. The van der Waals surface area contributed by atoms with Gasteiger partial charge in [0.25, 0.3) is 0 Å². The van der Waals surface area contributed by atoms with Gasteiger partial charge >= 0.3 is 0 Å². The van der Waals surface area contributed by atoms with E-state index in [1.807, 2.05) is 9.80 Å². The Morgan fingerprint density at radius 2 is 1.26 bits per heavy atom. The van der Waals surface area contributed by atoms with E-state index in [2.05, 4.69) is 0 Å². The maximum atomic E-state index is 11.9. The number of hydrogen-bond donors (Lipinski definition) is 0. The van der Waals surface area contributed by atoms with Crippen LogP contribution in [0.4, 0.5) is 0 Å². The van der Waals surface area contributed by atoms with Crippen molar-refractivity contribution in [3.8, 4) is 0 Å². The van der Waals surface area contributed by atoms with Gasteiger partial charge < -0.3 is 19.3 Å². The number of ether oxygens (including phenoxy) is 2. The van der Waals surface area contributed by atoms with Crippen LogP contribution in [0.15, 0.2) is 0 Å². The van der Waals surface area contributed by atoms with Gasteiger partial charge in [-0.1, -0.05) is 0 Å². The minimum Gasteiger partial charge on any atom is -0.384 e. The molecule has 2 amide bonds. The third-order valence-corrected chi connectivity index (χ3v) is 3.24. The van der Waals surface area contributed by atoms with Crippen molar-refractivity contribution in [1.29, 1.82) is 0 Å². The Morgan fingerprint density at radius 1 is 0.842 bits per heavy atom. The first-order valence-corrected chi connectivity index (χ1v) is 6.72. The molecule has 0 aromatic heterocycles. The lowest BCUT2D eigenvalue weighted by Crippen LogP contribution is -2.37. The SMILES string of the molecule is COCCC(=O)N1CCCN(C(=O)CCOC)CC1. The van der Waals surface area contributed by atoms with Crippen molar-refractivity contribution in [1.82, 2.24) is 9.80 Å².